The zero-order chi connectivity index (χ0) is 13.7. The molecule has 100 valence electrons. The third kappa shape index (κ3) is 3.80. The van der Waals surface area contributed by atoms with E-state index in [1.807, 2.05) is 13.8 Å². The van der Waals surface area contributed by atoms with Gasteiger partial charge in [-0.1, -0.05) is 22.0 Å². The summed E-state index contributed by atoms with van der Waals surface area (Å²) in [5, 5.41) is 0.853. The van der Waals surface area contributed by atoms with Crippen LogP contribution in [-0.2, 0) is 0 Å². The summed E-state index contributed by atoms with van der Waals surface area (Å²) in [7, 11) is 0. The second kappa shape index (κ2) is 6.88. The third-order valence-corrected chi connectivity index (χ3v) is 3.40. The summed E-state index contributed by atoms with van der Waals surface area (Å²) >= 11 is 3.36. The molecule has 1 rings (SSSR count). The average molecular weight is 316 g/mol. The molecule has 0 aliphatic rings. The van der Waals surface area contributed by atoms with Crippen LogP contribution < -0.4 is 0 Å². The molecule has 0 saturated carbocycles. The Balaban J connectivity index is 2.91. The molecular formula is C14H19BrFNO. The van der Waals surface area contributed by atoms with Gasteiger partial charge in [0.25, 0.3) is 5.91 Å². The van der Waals surface area contributed by atoms with Crippen LogP contribution in [0.3, 0.4) is 0 Å². The lowest BCUT2D eigenvalue weighted by Crippen LogP contribution is -2.37. The zero-order valence-electron chi connectivity index (χ0n) is 11.0. The van der Waals surface area contributed by atoms with Gasteiger partial charge in [0.1, 0.15) is 5.82 Å². The lowest BCUT2D eigenvalue weighted by molar-refractivity contribution is 0.0706. The van der Waals surface area contributed by atoms with Crippen molar-refractivity contribution in [2.45, 2.75) is 33.2 Å². The summed E-state index contributed by atoms with van der Waals surface area (Å²) in [5.74, 6) is -0.435. The number of carbonyl (C=O) groups excluding carboxylic acids is 1. The maximum Gasteiger partial charge on any atom is 0.254 e. The third-order valence-electron chi connectivity index (χ3n) is 2.84. The van der Waals surface area contributed by atoms with Gasteiger partial charge in [-0.25, -0.2) is 4.39 Å². The minimum absolute atomic E-state index is 0.107. The van der Waals surface area contributed by atoms with Gasteiger partial charge in [-0.3, -0.25) is 4.79 Å². The number of hydrogen-bond donors (Lipinski definition) is 0. The molecule has 1 amide bonds. The van der Waals surface area contributed by atoms with Crippen molar-refractivity contribution in [2.24, 2.45) is 0 Å². The van der Waals surface area contributed by atoms with E-state index in [4.69, 9.17) is 0 Å². The highest BCUT2D eigenvalue weighted by atomic mass is 79.9. The van der Waals surface area contributed by atoms with E-state index in [9.17, 15) is 9.18 Å². The molecule has 0 N–H and O–H groups in total. The Kier molecular flexibility index (Phi) is 5.79. The van der Waals surface area contributed by atoms with Crippen molar-refractivity contribution in [2.75, 3.05) is 11.9 Å². The molecule has 0 aliphatic carbocycles. The van der Waals surface area contributed by atoms with Crippen molar-refractivity contribution in [1.29, 1.82) is 0 Å². The molecule has 2 nitrogen and oxygen atoms in total. The van der Waals surface area contributed by atoms with Gasteiger partial charge in [-0.15, -0.1) is 0 Å². The van der Waals surface area contributed by atoms with Crippen LogP contribution in [0.15, 0.2) is 18.2 Å². The highest BCUT2D eigenvalue weighted by Gasteiger charge is 2.18. The van der Waals surface area contributed by atoms with Crippen LogP contribution in [0.1, 0.15) is 36.2 Å². The first kappa shape index (κ1) is 15.2. The number of rotatable bonds is 5. The topological polar surface area (TPSA) is 20.3 Å². The summed E-state index contributed by atoms with van der Waals surface area (Å²) in [6, 6.07) is 4.76. The van der Waals surface area contributed by atoms with Gasteiger partial charge >= 0.3 is 0 Å². The maximum absolute atomic E-state index is 13.5. The molecule has 0 saturated heterocycles. The van der Waals surface area contributed by atoms with Crippen LogP contribution >= 0.6 is 15.9 Å². The van der Waals surface area contributed by atoms with E-state index < -0.39 is 0 Å². The Bertz CT molecular complexity index is 420. The van der Waals surface area contributed by atoms with Gasteiger partial charge in [0.15, 0.2) is 0 Å². The highest BCUT2D eigenvalue weighted by molar-refractivity contribution is 9.09. The van der Waals surface area contributed by atoms with Crippen LogP contribution in [0.4, 0.5) is 4.39 Å². The van der Waals surface area contributed by atoms with E-state index in [1.54, 1.807) is 24.0 Å². The molecule has 0 aromatic heterocycles. The lowest BCUT2D eigenvalue weighted by atomic mass is 10.1. The molecule has 0 aliphatic heterocycles. The summed E-state index contributed by atoms with van der Waals surface area (Å²) < 4.78 is 13.5. The molecule has 0 radical (unpaired) electrons. The first-order valence-corrected chi connectivity index (χ1v) is 7.22. The second-order valence-corrected chi connectivity index (χ2v) is 5.39. The zero-order valence-corrected chi connectivity index (χ0v) is 12.6. The fraction of sp³-hybridized carbons (Fsp3) is 0.500. The predicted molar refractivity (Wildman–Crippen MR) is 75.7 cm³/mol. The smallest absolute Gasteiger partial charge is 0.254 e. The largest absolute Gasteiger partial charge is 0.336 e. The Labute approximate surface area is 116 Å². The minimum atomic E-state index is -0.329. The highest BCUT2D eigenvalue weighted by Crippen LogP contribution is 2.13. The van der Waals surface area contributed by atoms with E-state index in [2.05, 4.69) is 15.9 Å². The van der Waals surface area contributed by atoms with Crippen LogP contribution in [0.5, 0.6) is 0 Å². The van der Waals surface area contributed by atoms with Crippen molar-refractivity contribution in [1.82, 2.24) is 4.90 Å². The summed E-state index contributed by atoms with van der Waals surface area (Å²) in [4.78, 5) is 14.1. The fourth-order valence-corrected chi connectivity index (χ4v) is 1.97. The first-order valence-electron chi connectivity index (χ1n) is 6.10. The van der Waals surface area contributed by atoms with E-state index >= 15 is 0 Å². The molecule has 0 fully saturated rings. The molecule has 0 unspecified atom stereocenters. The summed E-state index contributed by atoms with van der Waals surface area (Å²) in [5.41, 5.74) is 0.976. The Morgan fingerprint density at radius 2 is 2.11 bits per heavy atom. The minimum Gasteiger partial charge on any atom is -0.336 e. The van der Waals surface area contributed by atoms with Crippen LogP contribution in [-0.4, -0.2) is 28.7 Å². The lowest BCUT2D eigenvalue weighted by Gasteiger charge is -2.26. The molecular weight excluding hydrogens is 297 g/mol. The van der Waals surface area contributed by atoms with E-state index in [1.165, 1.54) is 6.07 Å². The molecule has 0 bridgehead atoms. The van der Waals surface area contributed by atoms with Gasteiger partial charge in [-0.05, 0) is 44.9 Å². The molecule has 1 aromatic rings. The molecule has 0 atom stereocenters. The van der Waals surface area contributed by atoms with Crippen LogP contribution in [0.25, 0.3) is 0 Å². The second-order valence-electron chi connectivity index (χ2n) is 4.60. The number of halogens is 2. The molecule has 0 heterocycles. The standard InChI is InChI=1S/C14H19BrFNO/c1-10(2)17(8-4-7-15)14(18)12-6-5-11(3)13(16)9-12/h5-6,9-10H,4,7-8H2,1-3H3. The Morgan fingerprint density at radius 3 is 2.61 bits per heavy atom. The van der Waals surface area contributed by atoms with Crippen LogP contribution in [0.2, 0.25) is 0 Å². The Hall–Kier alpha value is -0.900. The molecule has 0 spiro atoms. The van der Waals surface area contributed by atoms with E-state index in [-0.39, 0.29) is 17.8 Å². The summed E-state index contributed by atoms with van der Waals surface area (Å²) in [6.45, 7) is 6.30. The van der Waals surface area contributed by atoms with Crippen LogP contribution in [0, 0.1) is 12.7 Å². The average Bonchev–Trinajstić information content (AvgIpc) is 2.32. The predicted octanol–water partition coefficient (Wildman–Crippen LogP) is 3.77. The Morgan fingerprint density at radius 1 is 1.44 bits per heavy atom. The van der Waals surface area contributed by atoms with Gasteiger partial charge < -0.3 is 4.90 Å². The number of benzene rings is 1. The molecule has 18 heavy (non-hydrogen) atoms. The van der Waals surface area contributed by atoms with Crippen molar-refractivity contribution < 1.29 is 9.18 Å². The maximum atomic E-state index is 13.5. The van der Waals surface area contributed by atoms with Crippen molar-refractivity contribution in [3.05, 3.63) is 35.1 Å². The van der Waals surface area contributed by atoms with Gasteiger partial charge in [0, 0.05) is 23.5 Å². The number of amides is 1. The molecule has 1 aromatic carbocycles. The van der Waals surface area contributed by atoms with Crippen molar-refractivity contribution >= 4 is 21.8 Å². The van der Waals surface area contributed by atoms with E-state index in [0.29, 0.717) is 17.7 Å². The number of nitrogens with zero attached hydrogens (tertiary/aromatic N) is 1. The number of aryl methyl sites for hydroxylation is 1. The molecule has 4 heteroatoms. The van der Waals surface area contributed by atoms with Gasteiger partial charge in [0.2, 0.25) is 0 Å². The quantitative estimate of drug-likeness (QED) is 0.757. The first-order chi connectivity index (χ1) is 8.47. The number of carbonyl (C=O) groups is 1. The summed E-state index contributed by atoms with van der Waals surface area (Å²) in [6.07, 6.45) is 0.887. The van der Waals surface area contributed by atoms with Crippen molar-refractivity contribution in [3.63, 3.8) is 0 Å². The normalized spacial score (nSPS) is 10.8. The van der Waals surface area contributed by atoms with Gasteiger partial charge in [0.05, 0.1) is 0 Å². The van der Waals surface area contributed by atoms with Gasteiger partial charge in [-0.2, -0.15) is 0 Å². The SMILES string of the molecule is Cc1ccc(C(=O)N(CCCBr)C(C)C)cc1F. The number of alkyl halides is 1. The van der Waals surface area contributed by atoms with E-state index in [0.717, 1.165) is 11.8 Å². The number of hydrogen-bond acceptors (Lipinski definition) is 1. The van der Waals surface area contributed by atoms with Crippen molar-refractivity contribution in [3.8, 4) is 0 Å². The fourth-order valence-electron chi connectivity index (χ4n) is 1.72. The monoisotopic (exact) mass is 315 g/mol.